The summed E-state index contributed by atoms with van der Waals surface area (Å²) in [6.45, 7) is 2.43. The smallest absolute Gasteiger partial charge is 0.355 e. The molecule has 0 heterocycles. The molecule has 0 atom stereocenters. The average Bonchev–Trinajstić information content (AvgIpc) is 2.73. The maximum Gasteiger partial charge on any atom is 0.389 e. The largest absolute Gasteiger partial charge is 0.389 e. The van der Waals surface area contributed by atoms with E-state index in [1.54, 1.807) is 27.7 Å². The summed E-state index contributed by atoms with van der Waals surface area (Å²) in [6, 6.07) is 0. The van der Waals surface area contributed by atoms with Gasteiger partial charge in [0, 0.05) is 13.1 Å². The average molecular weight is 537 g/mol. The first-order valence-corrected chi connectivity index (χ1v) is 17.1. The highest BCUT2D eigenvalue weighted by molar-refractivity contribution is 8.55. The third kappa shape index (κ3) is 16.5. The molecule has 10 nitrogen and oxygen atoms in total. The van der Waals surface area contributed by atoms with Crippen LogP contribution in [0.5, 0.6) is 0 Å². The SMILES string of the molecule is CCOP(=O)(OCC)SCC(=O)NCCCCCCNC(=O)CSP(=O)(OCC)OCC. The maximum absolute atomic E-state index is 12.3. The highest BCUT2D eigenvalue weighted by atomic mass is 32.7. The molecule has 190 valence electrons. The minimum atomic E-state index is -3.27. The van der Waals surface area contributed by atoms with Crippen LogP contribution < -0.4 is 10.6 Å². The molecule has 0 saturated carbocycles. The van der Waals surface area contributed by atoms with Crippen molar-refractivity contribution in [1.29, 1.82) is 0 Å². The molecule has 0 aliphatic rings. The molecule has 2 amide bonds. The van der Waals surface area contributed by atoms with E-state index < -0.39 is 13.6 Å². The molecule has 0 aromatic heterocycles. The molecule has 0 unspecified atom stereocenters. The first-order valence-electron chi connectivity index (χ1n) is 10.8. The van der Waals surface area contributed by atoms with Crippen molar-refractivity contribution < 1.29 is 36.8 Å². The monoisotopic (exact) mass is 536 g/mol. The van der Waals surface area contributed by atoms with Gasteiger partial charge in [0.25, 0.3) is 0 Å². The Balaban J connectivity index is 3.81. The van der Waals surface area contributed by atoms with Crippen molar-refractivity contribution in [3.8, 4) is 0 Å². The number of carbonyl (C=O) groups is 2. The molecule has 0 radical (unpaired) electrons. The van der Waals surface area contributed by atoms with Gasteiger partial charge in [-0.2, -0.15) is 0 Å². The summed E-state index contributed by atoms with van der Waals surface area (Å²) in [5.41, 5.74) is 0. The van der Waals surface area contributed by atoms with E-state index >= 15 is 0 Å². The Kier molecular flexibility index (Phi) is 19.2. The van der Waals surface area contributed by atoms with Crippen molar-refractivity contribution in [3.63, 3.8) is 0 Å². The lowest BCUT2D eigenvalue weighted by Gasteiger charge is -2.15. The minimum Gasteiger partial charge on any atom is -0.355 e. The molecule has 0 aliphatic carbocycles. The zero-order valence-corrected chi connectivity index (χ0v) is 22.9. The van der Waals surface area contributed by atoms with Crippen molar-refractivity contribution in [2.75, 3.05) is 51.0 Å². The topological polar surface area (TPSA) is 129 Å². The second kappa shape index (κ2) is 19.3. The Morgan fingerprint density at radius 1 is 0.625 bits per heavy atom. The van der Waals surface area contributed by atoms with Crippen LogP contribution in [-0.2, 0) is 36.8 Å². The first kappa shape index (κ1) is 31.9. The second-order valence-corrected chi connectivity index (χ2v) is 14.4. The van der Waals surface area contributed by atoms with E-state index in [0.29, 0.717) is 13.1 Å². The fourth-order valence-electron chi connectivity index (χ4n) is 2.29. The predicted molar refractivity (Wildman–Crippen MR) is 131 cm³/mol. The zero-order chi connectivity index (χ0) is 24.3. The molecule has 0 saturated heterocycles. The third-order valence-electron chi connectivity index (χ3n) is 3.60. The lowest BCUT2D eigenvalue weighted by Crippen LogP contribution is -2.27. The van der Waals surface area contributed by atoms with E-state index in [-0.39, 0.29) is 49.7 Å². The summed E-state index contributed by atoms with van der Waals surface area (Å²) >= 11 is 1.79. The van der Waals surface area contributed by atoms with Crippen LogP contribution in [0.1, 0.15) is 53.4 Å². The van der Waals surface area contributed by atoms with E-state index in [1.165, 1.54) is 0 Å². The highest BCUT2D eigenvalue weighted by Crippen LogP contribution is 2.60. The van der Waals surface area contributed by atoms with E-state index in [2.05, 4.69) is 10.6 Å². The number of amides is 2. The van der Waals surface area contributed by atoms with Crippen LogP contribution in [0, 0.1) is 0 Å². The summed E-state index contributed by atoms with van der Waals surface area (Å²) in [4.78, 5) is 23.7. The van der Waals surface area contributed by atoms with Gasteiger partial charge in [0.15, 0.2) is 0 Å². The molecular weight excluding hydrogens is 498 g/mol. The second-order valence-electron chi connectivity index (χ2n) is 6.23. The van der Waals surface area contributed by atoms with Crippen molar-refractivity contribution in [2.45, 2.75) is 53.4 Å². The van der Waals surface area contributed by atoms with Gasteiger partial charge in [0.05, 0.1) is 37.9 Å². The van der Waals surface area contributed by atoms with Crippen LogP contribution in [0.2, 0.25) is 0 Å². The van der Waals surface area contributed by atoms with Gasteiger partial charge in [0.2, 0.25) is 11.8 Å². The summed E-state index contributed by atoms with van der Waals surface area (Å²) in [6.07, 6.45) is 3.41. The van der Waals surface area contributed by atoms with E-state index in [0.717, 1.165) is 48.4 Å². The standard InChI is InChI=1S/C18H38N2O8P2S2/c1-5-25-29(23,26-6-2)31-15-17(21)19-13-11-9-10-12-14-20-18(22)16-32-30(24,27-7-3)28-8-4/h5-16H2,1-4H3,(H,19,21)(H,20,22). The minimum absolute atomic E-state index is 0.0147. The third-order valence-corrected chi connectivity index (χ3v) is 11.3. The van der Waals surface area contributed by atoms with Crippen molar-refractivity contribution in [2.24, 2.45) is 0 Å². The summed E-state index contributed by atoms with van der Waals surface area (Å²) < 4.78 is 45.1. The van der Waals surface area contributed by atoms with Crippen molar-refractivity contribution in [1.82, 2.24) is 10.6 Å². The molecule has 14 heteroatoms. The quantitative estimate of drug-likeness (QED) is 0.158. The van der Waals surface area contributed by atoms with E-state index in [1.807, 2.05) is 0 Å². The molecule has 0 aliphatic heterocycles. The highest BCUT2D eigenvalue weighted by Gasteiger charge is 2.26. The molecule has 0 rings (SSSR count). The molecule has 0 spiro atoms. The predicted octanol–water partition coefficient (Wildman–Crippen LogP) is 4.61. The van der Waals surface area contributed by atoms with Gasteiger partial charge in [-0.15, -0.1) is 0 Å². The van der Waals surface area contributed by atoms with Crippen LogP contribution in [0.4, 0.5) is 0 Å². The van der Waals surface area contributed by atoms with Gasteiger partial charge in [-0.05, 0) is 63.3 Å². The molecule has 0 aromatic carbocycles. The van der Waals surface area contributed by atoms with Crippen molar-refractivity contribution in [3.05, 3.63) is 0 Å². The van der Waals surface area contributed by atoms with Gasteiger partial charge < -0.3 is 28.7 Å². The zero-order valence-electron chi connectivity index (χ0n) is 19.5. The summed E-state index contributed by atoms with van der Waals surface area (Å²) in [5, 5.41) is 5.57. The van der Waals surface area contributed by atoms with Gasteiger partial charge in [-0.3, -0.25) is 9.59 Å². The number of hydrogen-bond donors (Lipinski definition) is 2. The van der Waals surface area contributed by atoms with Gasteiger partial charge >= 0.3 is 13.6 Å². The van der Waals surface area contributed by atoms with Crippen molar-refractivity contribution >= 4 is 48.2 Å². The van der Waals surface area contributed by atoms with Crippen LogP contribution in [0.3, 0.4) is 0 Å². The Bertz CT molecular complexity index is 556. The lowest BCUT2D eigenvalue weighted by molar-refractivity contribution is -0.119. The van der Waals surface area contributed by atoms with Gasteiger partial charge in [-0.1, -0.05) is 12.8 Å². The molecule has 0 bridgehead atoms. The number of carbonyl (C=O) groups excluding carboxylic acids is 2. The lowest BCUT2D eigenvalue weighted by atomic mass is 10.2. The fraction of sp³-hybridized carbons (Fsp3) is 0.889. The number of nitrogens with one attached hydrogen (secondary N) is 2. The number of hydrogen-bond acceptors (Lipinski definition) is 10. The Morgan fingerprint density at radius 3 is 1.22 bits per heavy atom. The van der Waals surface area contributed by atoms with Crippen LogP contribution >= 0.6 is 36.4 Å². The van der Waals surface area contributed by atoms with E-state index in [9.17, 15) is 18.7 Å². The molecule has 0 aromatic rings. The van der Waals surface area contributed by atoms with Gasteiger partial charge in [-0.25, -0.2) is 9.13 Å². The summed E-state index contributed by atoms with van der Waals surface area (Å²) in [5.74, 6) is -0.395. The molecule has 32 heavy (non-hydrogen) atoms. The summed E-state index contributed by atoms with van der Waals surface area (Å²) in [7, 11) is 0. The molecule has 2 N–H and O–H groups in total. The van der Waals surface area contributed by atoms with Crippen LogP contribution in [0.15, 0.2) is 0 Å². The molecular formula is C18H38N2O8P2S2. The number of rotatable bonds is 21. The Labute approximate surface area is 199 Å². The van der Waals surface area contributed by atoms with Crippen LogP contribution in [0.25, 0.3) is 0 Å². The molecule has 0 fully saturated rings. The van der Waals surface area contributed by atoms with Gasteiger partial charge in [0.1, 0.15) is 0 Å². The normalized spacial score (nSPS) is 12.0. The maximum atomic E-state index is 12.3. The Morgan fingerprint density at radius 2 is 0.938 bits per heavy atom. The first-order chi connectivity index (χ1) is 15.2. The fourth-order valence-corrected chi connectivity index (χ4v) is 8.57. The number of unbranched alkanes of at least 4 members (excludes halogenated alkanes) is 3. The van der Waals surface area contributed by atoms with E-state index in [4.69, 9.17) is 18.1 Å². The van der Waals surface area contributed by atoms with Crippen LogP contribution in [-0.4, -0.2) is 62.8 Å². The Hall–Kier alpha value is -0.0600.